The van der Waals surface area contributed by atoms with Gasteiger partial charge >= 0.3 is 6.18 Å². The molecule has 1 fully saturated rings. The van der Waals surface area contributed by atoms with Crippen LogP contribution in [-0.4, -0.2) is 18.0 Å². The summed E-state index contributed by atoms with van der Waals surface area (Å²) < 4.78 is 60.9. The van der Waals surface area contributed by atoms with Crippen molar-refractivity contribution in [3.05, 3.63) is 94.0 Å². The molecule has 1 aromatic heterocycles. The quantitative estimate of drug-likeness (QED) is 0.417. The highest BCUT2D eigenvalue weighted by molar-refractivity contribution is 6.30. The topological polar surface area (TPSA) is 51.2 Å². The van der Waals surface area contributed by atoms with Crippen molar-refractivity contribution in [3.8, 4) is 5.75 Å². The molecule has 9 heteroatoms. The number of carbonyl (C=O) groups is 1. The van der Waals surface area contributed by atoms with Crippen molar-refractivity contribution in [3.63, 3.8) is 0 Å². The van der Waals surface area contributed by atoms with Gasteiger partial charge in [0.05, 0.1) is 23.4 Å². The van der Waals surface area contributed by atoms with Crippen molar-refractivity contribution < 1.29 is 27.1 Å². The fourth-order valence-electron chi connectivity index (χ4n) is 3.94. The number of methoxy groups -OCH3 is 1. The monoisotopic (exact) mass is 492 g/mol. The lowest BCUT2D eigenvalue weighted by Crippen LogP contribution is -2.50. The number of pyridine rings is 1. The van der Waals surface area contributed by atoms with Gasteiger partial charge in [-0.2, -0.15) is 13.2 Å². The zero-order chi connectivity index (χ0) is 24.5. The van der Waals surface area contributed by atoms with E-state index in [0.29, 0.717) is 35.2 Å². The van der Waals surface area contributed by atoms with Crippen LogP contribution in [-0.2, 0) is 22.9 Å². The molecule has 34 heavy (non-hydrogen) atoms. The number of halogens is 5. The van der Waals surface area contributed by atoms with E-state index in [1.807, 2.05) is 0 Å². The molecule has 1 saturated carbocycles. The van der Waals surface area contributed by atoms with Crippen LogP contribution in [0, 0.1) is 11.7 Å². The van der Waals surface area contributed by atoms with Gasteiger partial charge in [-0.3, -0.25) is 9.78 Å². The standard InChI is InChI=1S/C25H21ClF4N2O2/c1-34-21-5-3-2-4-16(21)13-24(32-23(33)15-6-7-15,22-9-8-19(26)14-31-22)17-10-18(25(28,29)30)12-20(27)11-17/h2-5,8-12,14-15H,6-7,13H2,1H3,(H,32,33). The van der Waals surface area contributed by atoms with E-state index in [1.54, 1.807) is 24.3 Å². The summed E-state index contributed by atoms with van der Waals surface area (Å²) in [6.07, 6.45) is -2.16. The van der Waals surface area contributed by atoms with Crippen molar-refractivity contribution in [2.24, 2.45) is 5.92 Å². The molecule has 1 heterocycles. The first-order chi connectivity index (χ1) is 16.1. The van der Waals surface area contributed by atoms with E-state index in [9.17, 15) is 22.4 Å². The molecule has 4 rings (SSSR count). The van der Waals surface area contributed by atoms with Gasteiger partial charge in [-0.15, -0.1) is 0 Å². The molecule has 0 spiro atoms. The molecule has 1 aliphatic carbocycles. The van der Waals surface area contributed by atoms with E-state index in [0.717, 1.165) is 12.1 Å². The third kappa shape index (κ3) is 5.01. The lowest BCUT2D eigenvalue weighted by atomic mass is 9.79. The lowest BCUT2D eigenvalue weighted by molar-refractivity contribution is -0.137. The molecule has 1 N–H and O–H groups in total. The maximum absolute atomic E-state index is 14.6. The summed E-state index contributed by atoms with van der Waals surface area (Å²) in [6, 6.07) is 12.2. The van der Waals surface area contributed by atoms with Crippen molar-refractivity contribution in [1.29, 1.82) is 0 Å². The Morgan fingerprint density at radius 3 is 2.44 bits per heavy atom. The Kier molecular flexibility index (Phi) is 6.53. The van der Waals surface area contributed by atoms with Gasteiger partial charge in [-0.25, -0.2) is 4.39 Å². The van der Waals surface area contributed by atoms with Gasteiger partial charge in [-0.1, -0.05) is 29.8 Å². The minimum Gasteiger partial charge on any atom is -0.496 e. The number of nitrogens with one attached hydrogen (secondary N) is 1. The molecular weight excluding hydrogens is 472 g/mol. The highest BCUT2D eigenvalue weighted by atomic mass is 35.5. The van der Waals surface area contributed by atoms with E-state index in [4.69, 9.17) is 16.3 Å². The second-order valence-corrected chi connectivity index (χ2v) is 8.68. The van der Waals surface area contributed by atoms with Crippen molar-refractivity contribution >= 4 is 17.5 Å². The first-order valence-electron chi connectivity index (χ1n) is 10.6. The molecule has 3 aromatic rings. The van der Waals surface area contributed by atoms with Gasteiger partial charge in [0, 0.05) is 18.5 Å². The van der Waals surface area contributed by atoms with Crippen LogP contribution in [0.2, 0.25) is 5.02 Å². The summed E-state index contributed by atoms with van der Waals surface area (Å²) in [6.45, 7) is 0. The van der Waals surface area contributed by atoms with Crippen molar-refractivity contribution in [2.45, 2.75) is 31.0 Å². The summed E-state index contributed by atoms with van der Waals surface area (Å²) in [4.78, 5) is 17.4. The molecule has 2 aromatic carbocycles. The van der Waals surface area contributed by atoms with E-state index in [-0.39, 0.29) is 29.5 Å². The van der Waals surface area contributed by atoms with Crippen LogP contribution in [0.1, 0.15) is 35.2 Å². The number of hydrogen-bond acceptors (Lipinski definition) is 3. The van der Waals surface area contributed by atoms with Gasteiger partial charge < -0.3 is 10.1 Å². The van der Waals surface area contributed by atoms with Crippen LogP contribution in [0.4, 0.5) is 17.6 Å². The highest BCUT2D eigenvalue weighted by Gasteiger charge is 2.43. The number of para-hydroxylation sites is 1. The Morgan fingerprint density at radius 2 is 1.82 bits per heavy atom. The summed E-state index contributed by atoms with van der Waals surface area (Å²) in [5.41, 5.74) is -2.07. The van der Waals surface area contributed by atoms with Gasteiger partial charge in [0.1, 0.15) is 17.1 Å². The first kappa shape index (κ1) is 24.0. The lowest BCUT2D eigenvalue weighted by Gasteiger charge is -2.36. The Bertz CT molecular complexity index is 1200. The van der Waals surface area contributed by atoms with Crippen LogP contribution in [0.15, 0.2) is 60.8 Å². The summed E-state index contributed by atoms with van der Waals surface area (Å²) >= 11 is 6.01. The molecule has 0 radical (unpaired) electrons. The minimum atomic E-state index is -4.79. The van der Waals surface area contributed by atoms with Gasteiger partial charge in [0.2, 0.25) is 5.91 Å². The molecule has 4 nitrogen and oxygen atoms in total. The second-order valence-electron chi connectivity index (χ2n) is 8.25. The van der Waals surface area contributed by atoms with Crippen molar-refractivity contribution in [2.75, 3.05) is 7.11 Å². The second kappa shape index (κ2) is 9.25. The van der Waals surface area contributed by atoms with Crippen LogP contribution in [0.25, 0.3) is 0 Å². The summed E-state index contributed by atoms with van der Waals surface area (Å²) in [7, 11) is 1.47. The minimum absolute atomic E-state index is 0.0368. The Balaban J connectivity index is 1.98. The van der Waals surface area contributed by atoms with Crippen LogP contribution < -0.4 is 10.1 Å². The fourth-order valence-corrected chi connectivity index (χ4v) is 4.05. The maximum Gasteiger partial charge on any atom is 0.416 e. The first-order valence-corrected chi connectivity index (χ1v) is 10.9. The molecular formula is C25H21ClF4N2O2. The van der Waals surface area contributed by atoms with Crippen molar-refractivity contribution in [1.82, 2.24) is 10.3 Å². The number of carbonyl (C=O) groups excluding carboxylic acids is 1. The third-order valence-electron chi connectivity index (χ3n) is 5.82. The van der Waals surface area contributed by atoms with Crippen LogP contribution in [0.3, 0.4) is 0 Å². The normalized spacial score (nSPS) is 15.5. The molecule has 1 aliphatic rings. The van der Waals surface area contributed by atoms with E-state index in [2.05, 4.69) is 10.3 Å². The smallest absolute Gasteiger partial charge is 0.416 e. The zero-order valence-corrected chi connectivity index (χ0v) is 18.9. The van der Waals surface area contributed by atoms with Gasteiger partial charge in [0.25, 0.3) is 0 Å². The number of alkyl halides is 3. The fraction of sp³-hybridized carbons (Fsp3) is 0.280. The summed E-state index contributed by atoms with van der Waals surface area (Å²) in [5.74, 6) is -1.22. The van der Waals surface area contributed by atoms with Gasteiger partial charge in [-0.05, 0) is 60.4 Å². The Labute approximate surface area is 198 Å². The van der Waals surface area contributed by atoms with E-state index < -0.39 is 23.1 Å². The number of nitrogens with zero attached hydrogens (tertiary/aromatic N) is 1. The molecule has 0 saturated heterocycles. The highest BCUT2D eigenvalue weighted by Crippen LogP contribution is 2.40. The van der Waals surface area contributed by atoms with E-state index >= 15 is 0 Å². The predicted octanol–water partition coefficient (Wildman–Crippen LogP) is 5.91. The molecule has 0 bridgehead atoms. The molecule has 1 unspecified atom stereocenters. The number of hydrogen-bond donors (Lipinski definition) is 1. The Morgan fingerprint density at radius 1 is 1.12 bits per heavy atom. The number of aromatic nitrogens is 1. The number of rotatable bonds is 7. The largest absolute Gasteiger partial charge is 0.496 e. The predicted molar refractivity (Wildman–Crippen MR) is 119 cm³/mol. The zero-order valence-electron chi connectivity index (χ0n) is 18.1. The van der Waals surface area contributed by atoms with Crippen LogP contribution in [0.5, 0.6) is 5.75 Å². The van der Waals surface area contributed by atoms with E-state index in [1.165, 1.54) is 25.4 Å². The number of amides is 1. The van der Waals surface area contributed by atoms with Gasteiger partial charge in [0.15, 0.2) is 0 Å². The molecule has 178 valence electrons. The SMILES string of the molecule is COc1ccccc1CC(NC(=O)C1CC1)(c1cc(F)cc(C(F)(F)F)c1)c1ccc(Cl)cn1. The Hall–Kier alpha value is -3.13. The average molecular weight is 493 g/mol. The molecule has 0 aliphatic heterocycles. The maximum atomic E-state index is 14.6. The molecule has 1 amide bonds. The third-order valence-corrected chi connectivity index (χ3v) is 6.04. The number of ether oxygens (including phenoxy) is 1. The molecule has 1 atom stereocenters. The summed E-state index contributed by atoms with van der Waals surface area (Å²) in [5, 5.41) is 3.22. The van der Waals surface area contributed by atoms with Crippen LogP contribution >= 0.6 is 11.6 Å². The average Bonchev–Trinajstić information content (AvgIpc) is 3.64. The number of benzene rings is 2.